The second-order valence-electron chi connectivity index (χ2n) is 6.78. The Hall–Kier alpha value is -1.91. The lowest BCUT2D eigenvalue weighted by molar-refractivity contribution is 0.00755. The van der Waals surface area contributed by atoms with Crippen LogP contribution in [0.15, 0.2) is 42.6 Å². The van der Waals surface area contributed by atoms with Gasteiger partial charge in [0.15, 0.2) is 0 Å². The largest absolute Gasteiger partial charge is 0.487 e. The smallest absolute Gasteiger partial charge is 0.140 e. The first kappa shape index (κ1) is 15.6. The average molecular weight is 324 g/mol. The Kier molecular flexibility index (Phi) is 4.50. The van der Waals surface area contributed by atoms with Crippen molar-refractivity contribution < 1.29 is 9.47 Å². The Balaban J connectivity index is 1.31. The maximum Gasteiger partial charge on any atom is 0.140 e. The predicted molar refractivity (Wildman–Crippen MR) is 93.2 cm³/mol. The minimum Gasteiger partial charge on any atom is -0.487 e. The standard InChI is InChI=1S/C20H24N2O2/c1-15-20(7-4-9-21-15)24-18-8-10-22(12-18)13-19-11-16-5-2-3-6-17(16)14-23-19/h2-7,9,18-19H,8,10-14H2,1H3/t18?,19-/m1/s1. The zero-order valence-corrected chi connectivity index (χ0v) is 14.1. The van der Waals surface area contributed by atoms with E-state index in [2.05, 4.69) is 34.1 Å². The van der Waals surface area contributed by atoms with Gasteiger partial charge in [-0.3, -0.25) is 9.88 Å². The average Bonchev–Trinajstić information content (AvgIpc) is 3.04. The van der Waals surface area contributed by atoms with Crippen LogP contribution in [0.1, 0.15) is 23.2 Å². The molecule has 4 heteroatoms. The summed E-state index contributed by atoms with van der Waals surface area (Å²) in [6.07, 6.45) is 4.43. The van der Waals surface area contributed by atoms with Crippen LogP contribution in [0.3, 0.4) is 0 Å². The van der Waals surface area contributed by atoms with Gasteiger partial charge >= 0.3 is 0 Å². The number of aryl methyl sites for hydroxylation is 1. The number of pyridine rings is 1. The van der Waals surface area contributed by atoms with Gasteiger partial charge in [0.25, 0.3) is 0 Å². The molecule has 1 aromatic carbocycles. The molecule has 0 spiro atoms. The van der Waals surface area contributed by atoms with Gasteiger partial charge in [-0.25, -0.2) is 0 Å². The minimum atomic E-state index is 0.253. The first-order valence-corrected chi connectivity index (χ1v) is 8.77. The first-order chi connectivity index (χ1) is 11.8. The van der Waals surface area contributed by atoms with E-state index in [9.17, 15) is 0 Å². The fraction of sp³-hybridized carbons (Fsp3) is 0.450. The quantitative estimate of drug-likeness (QED) is 0.866. The zero-order valence-electron chi connectivity index (χ0n) is 14.1. The van der Waals surface area contributed by atoms with E-state index in [-0.39, 0.29) is 6.10 Å². The van der Waals surface area contributed by atoms with Crippen molar-refractivity contribution in [3.8, 4) is 5.75 Å². The maximum atomic E-state index is 6.14. The first-order valence-electron chi connectivity index (χ1n) is 8.77. The highest BCUT2D eigenvalue weighted by Gasteiger charge is 2.28. The molecule has 0 amide bonds. The summed E-state index contributed by atoms with van der Waals surface area (Å²) in [5.41, 5.74) is 3.73. The van der Waals surface area contributed by atoms with Crippen molar-refractivity contribution in [1.29, 1.82) is 0 Å². The van der Waals surface area contributed by atoms with Crippen LogP contribution in [0.2, 0.25) is 0 Å². The Morgan fingerprint density at radius 2 is 2.08 bits per heavy atom. The molecule has 0 aliphatic carbocycles. The van der Waals surface area contributed by atoms with E-state index in [0.717, 1.165) is 50.5 Å². The summed E-state index contributed by atoms with van der Waals surface area (Å²) in [4.78, 5) is 6.76. The number of fused-ring (bicyclic) bond motifs is 1. The molecular weight excluding hydrogens is 300 g/mol. The summed E-state index contributed by atoms with van der Waals surface area (Å²) in [7, 11) is 0. The molecule has 1 unspecified atom stereocenters. The number of hydrogen-bond donors (Lipinski definition) is 0. The number of hydrogen-bond acceptors (Lipinski definition) is 4. The van der Waals surface area contributed by atoms with Crippen molar-refractivity contribution in [3.63, 3.8) is 0 Å². The Bertz CT molecular complexity index is 704. The van der Waals surface area contributed by atoms with Crippen molar-refractivity contribution in [2.45, 2.75) is 38.6 Å². The van der Waals surface area contributed by atoms with Gasteiger partial charge < -0.3 is 9.47 Å². The lowest BCUT2D eigenvalue weighted by Crippen LogP contribution is -2.36. The van der Waals surface area contributed by atoms with Crippen molar-refractivity contribution in [1.82, 2.24) is 9.88 Å². The number of likely N-dealkylation sites (tertiary alicyclic amines) is 1. The van der Waals surface area contributed by atoms with Gasteiger partial charge in [0.2, 0.25) is 0 Å². The van der Waals surface area contributed by atoms with E-state index < -0.39 is 0 Å². The molecule has 2 aromatic rings. The number of aromatic nitrogens is 1. The van der Waals surface area contributed by atoms with Gasteiger partial charge in [-0.2, -0.15) is 0 Å². The molecular formula is C20H24N2O2. The SMILES string of the molecule is Cc1ncccc1OC1CCN(C[C@H]2Cc3ccccc3CO2)C1. The molecule has 126 valence electrons. The van der Waals surface area contributed by atoms with E-state index in [4.69, 9.17) is 9.47 Å². The molecule has 4 rings (SSSR count). The van der Waals surface area contributed by atoms with E-state index >= 15 is 0 Å². The minimum absolute atomic E-state index is 0.253. The summed E-state index contributed by atoms with van der Waals surface area (Å²) in [5.74, 6) is 0.909. The summed E-state index contributed by atoms with van der Waals surface area (Å²) in [6.45, 7) is 5.76. The highest BCUT2D eigenvalue weighted by atomic mass is 16.5. The molecule has 2 atom stereocenters. The Labute approximate surface area is 143 Å². The predicted octanol–water partition coefficient (Wildman–Crippen LogP) is 2.98. The molecule has 0 N–H and O–H groups in total. The molecule has 0 bridgehead atoms. The molecule has 1 saturated heterocycles. The fourth-order valence-electron chi connectivity index (χ4n) is 3.65. The highest BCUT2D eigenvalue weighted by molar-refractivity contribution is 5.28. The van der Waals surface area contributed by atoms with Crippen LogP contribution in [0.25, 0.3) is 0 Å². The van der Waals surface area contributed by atoms with Gasteiger partial charge in [0, 0.05) is 32.3 Å². The zero-order chi connectivity index (χ0) is 16.4. The van der Waals surface area contributed by atoms with Crippen molar-refractivity contribution in [2.75, 3.05) is 19.6 Å². The Morgan fingerprint density at radius 1 is 1.21 bits per heavy atom. The fourth-order valence-corrected chi connectivity index (χ4v) is 3.65. The lowest BCUT2D eigenvalue weighted by Gasteiger charge is -2.28. The van der Waals surface area contributed by atoms with Gasteiger partial charge in [-0.1, -0.05) is 24.3 Å². The highest BCUT2D eigenvalue weighted by Crippen LogP contribution is 2.24. The molecule has 4 nitrogen and oxygen atoms in total. The van der Waals surface area contributed by atoms with E-state index in [0.29, 0.717) is 6.10 Å². The molecule has 3 heterocycles. The maximum absolute atomic E-state index is 6.14. The molecule has 1 aromatic heterocycles. The number of nitrogens with zero attached hydrogens (tertiary/aromatic N) is 2. The van der Waals surface area contributed by atoms with Crippen LogP contribution in [-0.4, -0.2) is 41.7 Å². The molecule has 0 saturated carbocycles. The third-order valence-corrected chi connectivity index (χ3v) is 4.98. The monoisotopic (exact) mass is 324 g/mol. The lowest BCUT2D eigenvalue weighted by atomic mass is 9.99. The summed E-state index contributed by atoms with van der Waals surface area (Å²) in [6, 6.07) is 12.5. The number of ether oxygens (including phenoxy) is 2. The van der Waals surface area contributed by atoms with Crippen molar-refractivity contribution in [2.24, 2.45) is 0 Å². The summed E-state index contributed by atoms with van der Waals surface area (Å²) >= 11 is 0. The third-order valence-electron chi connectivity index (χ3n) is 4.98. The molecule has 2 aliphatic heterocycles. The van der Waals surface area contributed by atoms with Crippen molar-refractivity contribution in [3.05, 3.63) is 59.4 Å². The third kappa shape index (κ3) is 3.45. The second-order valence-corrected chi connectivity index (χ2v) is 6.78. The van der Waals surface area contributed by atoms with Gasteiger partial charge in [0.05, 0.1) is 18.4 Å². The summed E-state index contributed by atoms with van der Waals surface area (Å²) in [5, 5.41) is 0. The van der Waals surface area contributed by atoms with E-state index in [1.165, 1.54) is 11.1 Å². The van der Waals surface area contributed by atoms with Crippen LogP contribution in [0.5, 0.6) is 5.75 Å². The van der Waals surface area contributed by atoms with E-state index in [1.807, 2.05) is 19.1 Å². The van der Waals surface area contributed by atoms with Crippen LogP contribution in [0, 0.1) is 6.92 Å². The van der Waals surface area contributed by atoms with Crippen LogP contribution in [-0.2, 0) is 17.8 Å². The van der Waals surface area contributed by atoms with Gasteiger partial charge in [-0.05, 0) is 36.6 Å². The van der Waals surface area contributed by atoms with E-state index in [1.54, 1.807) is 6.20 Å². The summed E-state index contributed by atoms with van der Waals surface area (Å²) < 4.78 is 12.2. The van der Waals surface area contributed by atoms with Gasteiger partial charge in [-0.15, -0.1) is 0 Å². The van der Waals surface area contributed by atoms with Crippen LogP contribution in [0.4, 0.5) is 0 Å². The van der Waals surface area contributed by atoms with Crippen LogP contribution >= 0.6 is 0 Å². The van der Waals surface area contributed by atoms with Gasteiger partial charge in [0.1, 0.15) is 11.9 Å². The molecule has 2 aliphatic rings. The number of benzene rings is 1. The molecule has 1 fully saturated rings. The number of rotatable bonds is 4. The van der Waals surface area contributed by atoms with Crippen LogP contribution < -0.4 is 4.74 Å². The molecule has 0 radical (unpaired) electrons. The van der Waals surface area contributed by atoms with Crippen molar-refractivity contribution >= 4 is 0 Å². The Morgan fingerprint density at radius 3 is 2.96 bits per heavy atom. The normalized spacial score (nSPS) is 23.9. The topological polar surface area (TPSA) is 34.6 Å². The second kappa shape index (κ2) is 6.91. The molecule has 24 heavy (non-hydrogen) atoms.